The summed E-state index contributed by atoms with van der Waals surface area (Å²) in [4.78, 5) is 139. The SMILES string of the molecule is CCOC(=O)c1c(N2CCN(C(=O)C3CCC(=O)N3)CC2)c2ccccc2n(C)c1=O.CCOC(=O)c1c(N2CCN(C(=O)C3CCCO3)CC2)c2ccccc2n(C)c1=O.CCOC(=O)c1c(N2CCN(C(=O)c3ccco3)CC2)c2ccccc2n(Cc2ccsc2)c1=O. The number of esters is 3. The molecule has 5 saturated heterocycles. The summed E-state index contributed by atoms with van der Waals surface area (Å²) < 4.78 is 31.1. The molecular formula is C70H78N10O15S. The molecule has 13 rings (SSSR count). The number of hydrogen-bond donors (Lipinski definition) is 1. The van der Waals surface area contributed by atoms with Gasteiger partial charge in [-0.1, -0.05) is 54.6 Å². The number of piperazine rings is 3. The van der Waals surface area contributed by atoms with Crippen molar-refractivity contribution in [3.05, 3.63) is 167 Å². The number of aryl methyl sites for hydroxylation is 2. The van der Waals surface area contributed by atoms with Gasteiger partial charge < -0.3 is 71.8 Å². The van der Waals surface area contributed by atoms with Gasteiger partial charge in [-0.2, -0.15) is 11.3 Å². The van der Waals surface area contributed by atoms with Crippen LogP contribution >= 0.6 is 11.3 Å². The van der Waals surface area contributed by atoms with Crippen LogP contribution in [0.1, 0.15) is 93.6 Å². The fourth-order valence-corrected chi connectivity index (χ4v) is 13.9. The average Bonchev–Trinajstić information content (AvgIpc) is 1.11. The number of hydrogen-bond acceptors (Lipinski definition) is 19. The van der Waals surface area contributed by atoms with E-state index in [1.165, 1.54) is 15.4 Å². The molecule has 2 atom stereocenters. The zero-order valence-electron chi connectivity index (χ0n) is 54.5. The second-order valence-electron chi connectivity index (χ2n) is 23.7. The number of ether oxygens (including phenoxy) is 4. The highest BCUT2D eigenvalue weighted by Gasteiger charge is 2.37. The normalized spacial score (nSPS) is 17.2. The zero-order valence-corrected chi connectivity index (χ0v) is 55.3. The summed E-state index contributed by atoms with van der Waals surface area (Å²) in [5.41, 5.74) is 3.89. The van der Waals surface area contributed by atoms with E-state index in [0.29, 0.717) is 127 Å². The molecule has 8 aromatic rings. The summed E-state index contributed by atoms with van der Waals surface area (Å²) >= 11 is 1.56. The number of amides is 4. The number of carbonyl (C=O) groups is 7. The minimum absolute atomic E-state index is 0.0193. The van der Waals surface area contributed by atoms with Gasteiger partial charge in [-0.15, -0.1) is 0 Å². The second-order valence-corrected chi connectivity index (χ2v) is 24.5. The minimum atomic E-state index is -0.643. The fourth-order valence-electron chi connectivity index (χ4n) is 13.2. The number of anilines is 3. The highest BCUT2D eigenvalue weighted by atomic mass is 32.1. The maximum Gasteiger partial charge on any atom is 0.345 e. The van der Waals surface area contributed by atoms with Crippen LogP contribution in [0, 0.1) is 0 Å². The molecule has 26 heteroatoms. The smallest absolute Gasteiger partial charge is 0.345 e. The van der Waals surface area contributed by atoms with E-state index in [1.807, 2.05) is 109 Å². The second kappa shape index (κ2) is 30.1. The van der Waals surface area contributed by atoms with E-state index in [4.69, 9.17) is 23.4 Å². The molecule has 504 valence electrons. The van der Waals surface area contributed by atoms with Crippen molar-refractivity contribution in [1.82, 2.24) is 33.7 Å². The van der Waals surface area contributed by atoms with Gasteiger partial charge in [-0.3, -0.25) is 33.6 Å². The van der Waals surface area contributed by atoms with Crippen LogP contribution in [0.15, 0.2) is 127 Å². The fraction of sp³-hybridized carbons (Fsp3) is 0.400. The van der Waals surface area contributed by atoms with Crippen molar-refractivity contribution in [3.8, 4) is 0 Å². The molecule has 4 amide bonds. The molecule has 1 N–H and O–H groups in total. The number of benzene rings is 3. The van der Waals surface area contributed by atoms with E-state index in [2.05, 4.69) is 5.32 Å². The lowest BCUT2D eigenvalue weighted by molar-refractivity contribution is -0.141. The standard InChI is InChI=1S/C26H25N3O5S.C22H26N4O5.C22H27N3O5/c1-2-33-26(32)22-23(27-10-12-28(13-11-27)24(30)21-8-5-14-34-21)19-6-3-4-7-20(19)29(25(22)31)16-18-9-15-35-17-18;1-3-31-22(30)18-19(14-6-4-5-7-16(14)24(2)21(18)29)25-10-12-26(13-11-25)20(28)15-8-9-17(27)23-15;1-3-29-22(28)18-19(15-7-4-5-8-16(15)23(2)21(18)27)24-10-12-25(13-11-24)20(26)17-9-6-14-30-17/h3-9,14-15,17H,2,10-13,16H2,1H3;4-7,15H,3,8-13H2,1-2H3,(H,23,27);4-5,7-8,17H,3,6,9-14H2,1-2H3. The predicted octanol–water partition coefficient (Wildman–Crippen LogP) is 6.03. The Kier molecular flexibility index (Phi) is 21.1. The van der Waals surface area contributed by atoms with Crippen molar-refractivity contribution >= 4 is 103 Å². The number of nitrogens with one attached hydrogen (secondary N) is 1. The molecule has 0 spiro atoms. The molecule has 5 aliphatic heterocycles. The first-order chi connectivity index (χ1) is 46.5. The molecule has 0 aliphatic carbocycles. The zero-order chi connectivity index (χ0) is 67.7. The van der Waals surface area contributed by atoms with Gasteiger partial charge >= 0.3 is 17.9 Å². The molecule has 5 aromatic heterocycles. The average molecular weight is 1330 g/mol. The monoisotopic (exact) mass is 1330 g/mol. The molecule has 10 heterocycles. The molecule has 96 heavy (non-hydrogen) atoms. The summed E-state index contributed by atoms with van der Waals surface area (Å²) in [5.74, 6) is -1.90. The van der Waals surface area contributed by atoms with Gasteiger partial charge in [0.05, 0.1) is 66.2 Å². The Balaban J connectivity index is 0.000000147. The molecular weight excluding hydrogens is 1250 g/mol. The lowest BCUT2D eigenvalue weighted by atomic mass is 10.1. The lowest BCUT2D eigenvalue weighted by Crippen LogP contribution is -2.53. The molecule has 25 nitrogen and oxygen atoms in total. The predicted molar refractivity (Wildman–Crippen MR) is 362 cm³/mol. The topological polar surface area (TPSA) is 267 Å². The van der Waals surface area contributed by atoms with E-state index in [1.54, 1.807) is 72.7 Å². The van der Waals surface area contributed by atoms with Crippen molar-refractivity contribution in [3.63, 3.8) is 0 Å². The molecule has 5 aliphatic rings. The van der Waals surface area contributed by atoms with Crippen LogP contribution in [0.5, 0.6) is 0 Å². The molecule has 0 saturated carbocycles. The van der Waals surface area contributed by atoms with Crippen LogP contribution in [0.25, 0.3) is 32.7 Å². The van der Waals surface area contributed by atoms with Gasteiger partial charge in [0, 0.05) is 122 Å². The van der Waals surface area contributed by atoms with Crippen molar-refractivity contribution in [2.45, 2.75) is 65.1 Å². The van der Waals surface area contributed by atoms with Crippen molar-refractivity contribution in [1.29, 1.82) is 0 Å². The van der Waals surface area contributed by atoms with Crippen LogP contribution in [0.2, 0.25) is 0 Å². The van der Waals surface area contributed by atoms with Gasteiger partial charge in [-0.25, -0.2) is 14.4 Å². The largest absolute Gasteiger partial charge is 0.462 e. The Hall–Kier alpha value is -10.1. The van der Waals surface area contributed by atoms with Gasteiger partial charge in [0.2, 0.25) is 11.8 Å². The first kappa shape index (κ1) is 67.3. The number of furan rings is 1. The van der Waals surface area contributed by atoms with Crippen LogP contribution < -0.4 is 36.7 Å². The molecule has 5 fully saturated rings. The van der Waals surface area contributed by atoms with Crippen LogP contribution in [-0.2, 0) is 54.0 Å². The number of nitrogens with zero attached hydrogens (tertiary/aromatic N) is 9. The minimum Gasteiger partial charge on any atom is -0.462 e. The highest BCUT2D eigenvalue weighted by molar-refractivity contribution is 7.08. The number of carbonyl (C=O) groups excluding carboxylic acids is 7. The van der Waals surface area contributed by atoms with E-state index >= 15 is 0 Å². The molecule has 0 bridgehead atoms. The quantitative estimate of drug-likeness (QED) is 0.0962. The maximum atomic E-state index is 13.8. The Morgan fingerprint density at radius 2 is 0.990 bits per heavy atom. The summed E-state index contributed by atoms with van der Waals surface area (Å²) in [6.45, 7) is 12.4. The Labute approximate surface area is 556 Å². The van der Waals surface area contributed by atoms with Crippen LogP contribution in [0.4, 0.5) is 17.1 Å². The van der Waals surface area contributed by atoms with Crippen LogP contribution in [-0.4, -0.2) is 187 Å². The van der Waals surface area contributed by atoms with Gasteiger partial charge in [0.15, 0.2) is 5.76 Å². The summed E-state index contributed by atoms with van der Waals surface area (Å²) in [7, 11) is 3.30. The third-order valence-electron chi connectivity index (χ3n) is 18.0. The summed E-state index contributed by atoms with van der Waals surface area (Å²) in [6, 6.07) is 27.5. The molecule has 0 radical (unpaired) electrons. The third kappa shape index (κ3) is 13.9. The Bertz CT molecular complexity index is 4400. The van der Waals surface area contributed by atoms with Crippen molar-refractivity contribution in [2.24, 2.45) is 14.1 Å². The molecule has 3 aromatic carbocycles. The number of thiophene rings is 1. The number of para-hydroxylation sites is 3. The van der Waals surface area contributed by atoms with E-state index in [9.17, 15) is 47.9 Å². The van der Waals surface area contributed by atoms with Gasteiger partial charge in [0.1, 0.15) is 28.8 Å². The van der Waals surface area contributed by atoms with Gasteiger partial charge in [-0.05, 0) is 92.8 Å². The van der Waals surface area contributed by atoms with Gasteiger partial charge in [0.25, 0.3) is 28.5 Å². The van der Waals surface area contributed by atoms with E-state index < -0.39 is 29.5 Å². The first-order valence-corrected chi connectivity index (χ1v) is 33.4. The number of fused-ring (bicyclic) bond motifs is 3. The van der Waals surface area contributed by atoms with Crippen molar-refractivity contribution in [2.75, 3.05) is 120 Å². The lowest BCUT2D eigenvalue weighted by Gasteiger charge is -2.38. The van der Waals surface area contributed by atoms with E-state index in [0.717, 1.165) is 51.1 Å². The number of rotatable bonds is 14. The third-order valence-corrected chi connectivity index (χ3v) is 18.7. The highest BCUT2D eigenvalue weighted by Crippen LogP contribution is 2.35. The van der Waals surface area contributed by atoms with E-state index in [-0.39, 0.29) is 77.4 Å². The summed E-state index contributed by atoms with van der Waals surface area (Å²) in [6.07, 6.45) is 3.72. The van der Waals surface area contributed by atoms with Crippen molar-refractivity contribution < 1.29 is 56.9 Å². The summed E-state index contributed by atoms with van der Waals surface area (Å²) in [5, 5.41) is 9.09. The van der Waals surface area contributed by atoms with Crippen LogP contribution in [0.3, 0.4) is 0 Å². The number of aromatic nitrogens is 3. The first-order valence-electron chi connectivity index (χ1n) is 32.5. The number of pyridine rings is 3. The Morgan fingerprint density at radius 3 is 1.42 bits per heavy atom. The Morgan fingerprint density at radius 1 is 0.531 bits per heavy atom. The maximum absolute atomic E-state index is 13.8. The molecule has 2 unspecified atom stereocenters.